The Kier molecular flexibility index (Phi) is 18.8. The number of hydrogen-bond acceptors (Lipinski definition) is 13. The Hall–Kier alpha value is -7.07. The zero-order valence-electron chi connectivity index (χ0n) is 44.3. The van der Waals surface area contributed by atoms with Crippen LogP contribution >= 0.6 is 11.3 Å². The van der Waals surface area contributed by atoms with Gasteiger partial charge in [-0.3, -0.25) is 33.0 Å². The molecule has 0 bridgehead atoms. The van der Waals surface area contributed by atoms with E-state index in [4.69, 9.17) is 18.9 Å². The number of ether oxygens (including phenoxy) is 4. The maximum atomic E-state index is 14.1. The molecule has 7 rings (SSSR count). The van der Waals surface area contributed by atoms with Crippen molar-refractivity contribution >= 4 is 61.7 Å². The van der Waals surface area contributed by atoms with Crippen molar-refractivity contribution in [3.8, 4) is 27.7 Å². The first-order chi connectivity index (χ1) is 36.2. The van der Waals surface area contributed by atoms with Crippen LogP contribution in [0.2, 0.25) is 0 Å². The topological polar surface area (TPSA) is 231 Å². The van der Waals surface area contributed by atoms with E-state index in [-0.39, 0.29) is 78.4 Å². The van der Waals surface area contributed by atoms with Crippen LogP contribution in [0.1, 0.15) is 88.0 Å². The summed E-state index contributed by atoms with van der Waals surface area (Å²) in [6, 6.07) is 21.8. The lowest BCUT2D eigenvalue weighted by atomic mass is 9.85. The number of sulfonamides is 1. The molecule has 1 saturated heterocycles. The van der Waals surface area contributed by atoms with Crippen molar-refractivity contribution in [2.75, 3.05) is 50.8 Å². The van der Waals surface area contributed by atoms with Crippen molar-refractivity contribution in [2.45, 2.75) is 90.2 Å². The molecule has 4 amide bonds. The molecule has 1 fully saturated rings. The normalized spacial score (nSPS) is 14.5. The van der Waals surface area contributed by atoms with E-state index in [9.17, 15) is 32.4 Å². The molecule has 0 spiro atoms. The Bertz CT molecular complexity index is 3200. The first-order valence-electron chi connectivity index (χ1n) is 25.3. The van der Waals surface area contributed by atoms with Gasteiger partial charge in [-0.1, -0.05) is 64.1 Å². The minimum absolute atomic E-state index is 0.0671. The van der Waals surface area contributed by atoms with Crippen LogP contribution in [0.15, 0.2) is 100 Å². The smallest absolute Gasteiger partial charge is 0.328 e. The average molecular weight is 1080 g/mol. The van der Waals surface area contributed by atoms with E-state index < -0.39 is 39.3 Å². The number of anilines is 1. The molecular formula is C55H68N8O11S2. The highest BCUT2D eigenvalue weighted by atomic mass is 32.2. The average Bonchev–Trinajstić information content (AvgIpc) is 4.13. The predicted molar refractivity (Wildman–Crippen MR) is 291 cm³/mol. The molecule has 1 aliphatic heterocycles. The van der Waals surface area contributed by atoms with Gasteiger partial charge >= 0.3 is 5.69 Å². The Balaban J connectivity index is 0.840. The second kappa shape index (κ2) is 25.2. The molecule has 19 nitrogen and oxygen atoms in total. The summed E-state index contributed by atoms with van der Waals surface area (Å²) >= 11 is 1.58. The van der Waals surface area contributed by atoms with Gasteiger partial charge in [0, 0.05) is 58.1 Å². The SMILES string of the molecule is CCCOc1cccc(Oc2cc3c(cc2NS(=O)(=O)c2cccc(C(=O)NCCOCCCOCC(=O)NC(C(=O)N4CCC[C@H]4C(=O)N[C@@H](C)c4ccc(-c5scnc5C)cc4)C(C)(C)C)c2)n(C)c(=O)n3C)c1. The van der Waals surface area contributed by atoms with E-state index >= 15 is 0 Å². The summed E-state index contributed by atoms with van der Waals surface area (Å²) in [4.78, 5) is 73.7. The molecule has 1 unspecified atom stereocenters. The van der Waals surface area contributed by atoms with Crippen molar-refractivity contribution in [1.82, 2.24) is 35.0 Å². The molecule has 6 aromatic rings. The number of benzene rings is 4. The number of thiazole rings is 1. The Morgan fingerprint density at radius 2 is 1.58 bits per heavy atom. The summed E-state index contributed by atoms with van der Waals surface area (Å²) in [5, 5.41) is 8.69. The molecule has 0 radical (unpaired) electrons. The summed E-state index contributed by atoms with van der Waals surface area (Å²) in [5.41, 5.74) is 4.96. The minimum atomic E-state index is -4.30. The molecule has 3 heterocycles. The largest absolute Gasteiger partial charge is 0.493 e. The maximum Gasteiger partial charge on any atom is 0.328 e. The monoisotopic (exact) mass is 1080 g/mol. The molecule has 0 saturated carbocycles. The van der Waals surface area contributed by atoms with Crippen LogP contribution < -0.4 is 35.8 Å². The highest BCUT2D eigenvalue weighted by Gasteiger charge is 2.42. The van der Waals surface area contributed by atoms with Gasteiger partial charge in [0.05, 0.1) is 57.0 Å². The fourth-order valence-electron chi connectivity index (χ4n) is 8.76. The van der Waals surface area contributed by atoms with E-state index in [1.54, 1.807) is 60.7 Å². The summed E-state index contributed by atoms with van der Waals surface area (Å²) in [5.74, 6) is -0.455. The van der Waals surface area contributed by atoms with Crippen LogP contribution in [0.3, 0.4) is 0 Å². The fraction of sp³-hybridized carbons (Fsp3) is 0.418. The first-order valence-corrected chi connectivity index (χ1v) is 27.7. The van der Waals surface area contributed by atoms with Crippen molar-refractivity contribution in [3.63, 3.8) is 0 Å². The third-order valence-corrected chi connectivity index (χ3v) is 15.2. The van der Waals surface area contributed by atoms with Crippen LogP contribution in [0.5, 0.6) is 17.2 Å². The molecule has 406 valence electrons. The van der Waals surface area contributed by atoms with Crippen LogP contribution in [-0.2, 0) is 48.0 Å². The molecule has 4 N–H and O–H groups in total. The second-order valence-corrected chi connectivity index (χ2v) is 22.3. The summed E-state index contributed by atoms with van der Waals surface area (Å²) < 4.78 is 56.5. The van der Waals surface area contributed by atoms with Crippen molar-refractivity contribution in [3.05, 3.63) is 118 Å². The number of aromatic nitrogens is 3. The highest BCUT2D eigenvalue weighted by molar-refractivity contribution is 7.92. The van der Waals surface area contributed by atoms with Gasteiger partial charge in [0.25, 0.3) is 15.9 Å². The lowest BCUT2D eigenvalue weighted by Crippen LogP contribution is -2.58. The van der Waals surface area contributed by atoms with Gasteiger partial charge in [-0.15, -0.1) is 11.3 Å². The molecule has 4 aromatic carbocycles. The number of likely N-dealkylation sites (tertiary alicyclic amines) is 1. The van der Waals surface area contributed by atoms with Crippen LogP contribution in [0.25, 0.3) is 21.5 Å². The number of aryl methyl sites for hydroxylation is 3. The number of hydrogen-bond donors (Lipinski definition) is 4. The summed E-state index contributed by atoms with van der Waals surface area (Å²) in [7, 11) is -1.10. The summed E-state index contributed by atoms with van der Waals surface area (Å²) in [6.45, 7) is 12.8. The third kappa shape index (κ3) is 14.0. The molecule has 76 heavy (non-hydrogen) atoms. The zero-order chi connectivity index (χ0) is 54.7. The van der Waals surface area contributed by atoms with E-state index in [0.717, 1.165) is 28.1 Å². The predicted octanol–water partition coefficient (Wildman–Crippen LogP) is 7.24. The summed E-state index contributed by atoms with van der Waals surface area (Å²) in [6.07, 6.45) is 2.42. The van der Waals surface area contributed by atoms with Crippen LogP contribution in [0.4, 0.5) is 5.69 Å². The van der Waals surface area contributed by atoms with Crippen molar-refractivity contribution in [2.24, 2.45) is 19.5 Å². The Morgan fingerprint density at radius 3 is 2.29 bits per heavy atom. The minimum Gasteiger partial charge on any atom is -0.493 e. The number of nitrogens with zero attached hydrogens (tertiary/aromatic N) is 4. The second-order valence-electron chi connectivity index (χ2n) is 19.7. The van der Waals surface area contributed by atoms with E-state index in [2.05, 4.69) is 25.7 Å². The number of fused-ring (bicyclic) bond motifs is 1. The van der Waals surface area contributed by atoms with E-state index in [0.29, 0.717) is 54.9 Å². The number of amides is 4. The highest BCUT2D eigenvalue weighted by Crippen LogP contribution is 2.36. The zero-order valence-corrected chi connectivity index (χ0v) is 45.9. The standard InChI is InChI=1S/C55H68N8O11S2/c1-9-25-73-40-15-11-16-41(30-40)74-47-32-46-45(61(7)54(68)62(46)8)31-43(47)60-76(69,70)42-17-10-14-39(29-42)51(65)56-23-28-71-26-13-27-72-33-48(64)59-50(55(4,5)6)53(67)63-24-12-18-44(63)52(66)58-35(2)37-19-21-38(22-20-37)49-36(3)57-34-75-49/h10-11,14-17,19-22,29-32,34-35,44,50,60H,9,12-13,18,23-28,33H2,1-8H3,(H,56,65)(H,58,66)(H,59,64)/t35-,44-,50?/m0/s1. The quantitative estimate of drug-likeness (QED) is 0.0440. The van der Waals surface area contributed by atoms with Gasteiger partial charge in [0.2, 0.25) is 17.7 Å². The van der Waals surface area contributed by atoms with Crippen molar-refractivity contribution in [1.29, 1.82) is 0 Å². The lowest BCUT2D eigenvalue weighted by Gasteiger charge is -2.35. The van der Waals surface area contributed by atoms with Gasteiger partial charge in [0.15, 0.2) is 5.75 Å². The third-order valence-electron chi connectivity index (χ3n) is 12.9. The number of imidazole rings is 1. The van der Waals surface area contributed by atoms with E-state index in [1.807, 2.05) is 71.3 Å². The van der Waals surface area contributed by atoms with Gasteiger partial charge < -0.3 is 39.8 Å². The Morgan fingerprint density at radius 1 is 0.868 bits per heavy atom. The molecule has 21 heteroatoms. The Labute approximate surface area is 447 Å². The van der Waals surface area contributed by atoms with Gasteiger partial charge in [0.1, 0.15) is 30.2 Å². The molecule has 1 aliphatic rings. The van der Waals surface area contributed by atoms with Gasteiger partial charge in [-0.2, -0.15) is 0 Å². The number of carbonyl (C=O) groups is 4. The molecular weight excluding hydrogens is 1010 g/mol. The van der Waals surface area contributed by atoms with Crippen LogP contribution in [0, 0.1) is 12.3 Å². The lowest BCUT2D eigenvalue weighted by molar-refractivity contribution is -0.144. The molecule has 2 aromatic heterocycles. The van der Waals surface area contributed by atoms with Gasteiger partial charge in [-0.25, -0.2) is 18.2 Å². The first kappa shape index (κ1) is 56.7. The van der Waals surface area contributed by atoms with Crippen molar-refractivity contribution < 1.29 is 46.5 Å². The number of rotatable bonds is 24. The van der Waals surface area contributed by atoms with E-state index in [1.165, 1.54) is 39.5 Å². The fourth-order valence-corrected chi connectivity index (χ4v) is 10.7. The van der Waals surface area contributed by atoms with Gasteiger partial charge in [-0.05, 0) is 92.5 Å². The molecule has 0 aliphatic carbocycles. The van der Waals surface area contributed by atoms with Crippen LogP contribution in [-0.4, -0.2) is 109 Å². The maximum absolute atomic E-state index is 14.1. The molecule has 3 atom stereocenters. The number of carbonyl (C=O) groups excluding carboxylic acids is 4. The number of nitrogens with one attached hydrogen (secondary N) is 4.